The van der Waals surface area contributed by atoms with E-state index in [9.17, 15) is 9.59 Å². The van der Waals surface area contributed by atoms with Gasteiger partial charge in [0.15, 0.2) is 28.7 Å². The van der Waals surface area contributed by atoms with Crippen molar-refractivity contribution in [1.82, 2.24) is 19.1 Å². The molecule has 3 heterocycles. The number of ether oxygens (including phenoxy) is 2. The van der Waals surface area contributed by atoms with Crippen LogP contribution in [0.5, 0.6) is 11.5 Å². The van der Waals surface area contributed by atoms with Crippen LogP contribution in [0.15, 0.2) is 47.3 Å². The molecule has 0 aliphatic carbocycles. The molecule has 2 aromatic heterocycles. The van der Waals surface area contributed by atoms with Crippen LogP contribution in [0.1, 0.15) is 10.5 Å². The third-order valence-corrected chi connectivity index (χ3v) is 5.06. The van der Waals surface area contributed by atoms with E-state index in [1.807, 2.05) is 0 Å². The first-order valence-corrected chi connectivity index (χ1v) is 9.27. The quantitative estimate of drug-likeness (QED) is 0.540. The van der Waals surface area contributed by atoms with Crippen molar-refractivity contribution in [2.45, 2.75) is 0 Å². The van der Waals surface area contributed by atoms with Crippen LogP contribution in [0.3, 0.4) is 0 Å². The maximum absolute atomic E-state index is 13.1. The molecule has 0 unspecified atom stereocenters. The van der Waals surface area contributed by atoms with Gasteiger partial charge in [0.05, 0.1) is 5.69 Å². The average molecular weight is 424 g/mol. The van der Waals surface area contributed by atoms with Crippen LogP contribution >= 0.6 is 11.6 Å². The van der Waals surface area contributed by atoms with Gasteiger partial charge in [-0.2, -0.15) is 0 Å². The number of halogens is 1. The van der Waals surface area contributed by atoms with E-state index in [4.69, 9.17) is 26.8 Å². The van der Waals surface area contributed by atoms with Gasteiger partial charge in [-0.05, 0) is 24.3 Å². The summed E-state index contributed by atoms with van der Waals surface area (Å²) in [6, 6.07) is 12.0. The third-order valence-electron chi connectivity index (χ3n) is 4.82. The lowest BCUT2D eigenvalue weighted by Crippen LogP contribution is -2.21. The van der Waals surface area contributed by atoms with E-state index in [-0.39, 0.29) is 29.5 Å². The van der Waals surface area contributed by atoms with Crippen LogP contribution in [0.2, 0.25) is 5.02 Å². The van der Waals surface area contributed by atoms with Gasteiger partial charge in [0.1, 0.15) is 5.52 Å². The van der Waals surface area contributed by atoms with Crippen molar-refractivity contribution in [3.63, 3.8) is 0 Å². The van der Waals surface area contributed by atoms with E-state index in [0.29, 0.717) is 27.8 Å². The molecule has 150 valence electrons. The number of nitrogens with two attached hydrogens (primary N) is 1. The molecule has 0 atom stereocenters. The second kappa shape index (κ2) is 6.60. The van der Waals surface area contributed by atoms with E-state index >= 15 is 0 Å². The van der Waals surface area contributed by atoms with Crippen molar-refractivity contribution in [2.75, 3.05) is 6.79 Å². The number of nitrogens with zero attached hydrogens (tertiary/aromatic N) is 4. The molecule has 0 saturated carbocycles. The number of hydrogen-bond acceptors (Lipinski definition) is 6. The first kappa shape index (κ1) is 18.2. The Labute approximate surface area is 174 Å². The van der Waals surface area contributed by atoms with Gasteiger partial charge in [0.25, 0.3) is 5.91 Å². The lowest BCUT2D eigenvalue weighted by Gasteiger charge is -2.07. The predicted octanol–water partition coefficient (Wildman–Crippen LogP) is 2.27. The highest BCUT2D eigenvalue weighted by Gasteiger charge is 2.24. The largest absolute Gasteiger partial charge is 0.454 e. The molecule has 9 nitrogen and oxygen atoms in total. The summed E-state index contributed by atoms with van der Waals surface area (Å²) in [7, 11) is 1.53. The van der Waals surface area contributed by atoms with E-state index in [2.05, 4.69) is 9.97 Å². The number of primary amides is 1. The van der Waals surface area contributed by atoms with Gasteiger partial charge in [-0.25, -0.2) is 19.3 Å². The lowest BCUT2D eigenvalue weighted by molar-refractivity contribution is 0.0997. The summed E-state index contributed by atoms with van der Waals surface area (Å²) < 4.78 is 13.4. The van der Waals surface area contributed by atoms with Crippen LogP contribution in [-0.4, -0.2) is 31.8 Å². The monoisotopic (exact) mass is 423 g/mol. The fraction of sp³-hybridized carbons (Fsp3) is 0.100. The Kier molecular flexibility index (Phi) is 4.00. The van der Waals surface area contributed by atoms with Gasteiger partial charge in [-0.3, -0.25) is 9.36 Å². The second-order valence-electron chi connectivity index (χ2n) is 6.66. The normalized spacial score (nSPS) is 12.5. The summed E-state index contributed by atoms with van der Waals surface area (Å²) in [6.07, 6.45) is 0. The van der Waals surface area contributed by atoms with Crippen molar-refractivity contribution in [3.8, 4) is 28.6 Å². The molecule has 1 amide bonds. The molecule has 0 radical (unpaired) electrons. The van der Waals surface area contributed by atoms with Crippen LogP contribution < -0.4 is 20.9 Å². The molecule has 5 rings (SSSR count). The van der Waals surface area contributed by atoms with Crippen LogP contribution in [-0.2, 0) is 7.05 Å². The standard InChI is InChI=1S/C20H14ClN5O4/c1-25-16-15(17(22)27)23-18(10-3-2-4-11(21)7-10)24-19(16)26(20(25)28)12-5-6-13-14(8-12)30-9-29-13/h2-8H,9H2,1H3,(H2,22,27). The minimum atomic E-state index is -0.774. The van der Waals surface area contributed by atoms with Gasteiger partial charge in [0, 0.05) is 23.7 Å². The highest BCUT2D eigenvalue weighted by molar-refractivity contribution is 6.30. The molecule has 2 aromatic carbocycles. The highest BCUT2D eigenvalue weighted by Crippen LogP contribution is 2.34. The van der Waals surface area contributed by atoms with E-state index in [1.54, 1.807) is 42.5 Å². The first-order chi connectivity index (χ1) is 14.4. The number of imidazole rings is 1. The molecule has 4 aromatic rings. The van der Waals surface area contributed by atoms with Gasteiger partial charge in [-0.1, -0.05) is 23.7 Å². The summed E-state index contributed by atoms with van der Waals surface area (Å²) in [5.74, 6) is 0.540. The topological polar surface area (TPSA) is 114 Å². The Hall–Kier alpha value is -3.85. The smallest absolute Gasteiger partial charge is 0.334 e. The number of benzene rings is 2. The average Bonchev–Trinajstić information content (AvgIpc) is 3.29. The minimum absolute atomic E-state index is 0.0610. The Bertz CT molecular complexity index is 1410. The molecule has 0 spiro atoms. The van der Waals surface area contributed by atoms with E-state index < -0.39 is 11.6 Å². The third kappa shape index (κ3) is 2.71. The fourth-order valence-electron chi connectivity index (χ4n) is 3.43. The number of rotatable bonds is 3. The SMILES string of the molecule is Cn1c(=O)n(-c2ccc3c(c2)OCO3)c2nc(-c3cccc(Cl)c3)nc(C(N)=O)c21. The summed E-state index contributed by atoms with van der Waals surface area (Å²) in [4.78, 5) is 34.1. The maximum atomic E-state index is 13.1. The van der Waals surface area contributed by atoms with Gasteiger partial charge in [0.2, 0.25) is 6.79 Å². The molecule has 0 saturated heterocycles. The number of aromatic nitrogens is 4. The molecule has 10 heteroatoms. The van der Waals surface area contributed by atoms with Crippen LogP contribution in [0, 0.1) is 0 Å². The first-order valence-electron chi connectivity index (χ1n) is 8.89. The summed E-state index contributed by atoms with van der Waals surface area (Å²) in [5.41, 5.74) is 6.66. The zero-order valence-electron chi connectivity index (χ0n) is 15.6. The highest BCUT2D eigenvalue weighted by atomic mass is 35.5. The summed E-state index contributed by atoms with van der Waals surface area (Å²) >= 11 is 6.09. The number of fused-ring (bicyclic) bond motifs is 2. The Morgan fingerprint density at radius 3 is 2.70 bits per heavy atom. The van der Waals surface area contributed by atoms with Gasteiger partial charge >= 0.3 is 5.69 Å². The molecular weight excluding hydrogens is 410 g/mol. The van der Waals surface area contributed by atoms with Gasteiger partial charge in [-0.15, -0.1) is 0 Å². The number of carbonyl (C=O) groups excluding carboxylic acids is 1. The number of aryl methyl sites for hydroxylation is 1. The summed E-state index contributed by atoms with van der Waals surface area (Å²) in [5, 5.41) is 0.484. The van der Waals surface area contributed by atoms with E-state index in [0.717, 1.165) is 0 Å². The van der Waals surface area contributed by atoms with E-state index in [1.165, 1.54) is 16.2 Å². The van der Waals surface area contributed by atoms with Crippen molar-refractivity contribution in [1.29, 1.82) is 0 Å². The van der Waals surface area contributed by atoms with Gasteiger partial charge < -0.3 is 15.2 Å². The number of carbonyl (C=O) groups is 1. The molecule has 0 bridgehead atoms. The summed E-state index contributed by atoms with van der Waals surface area (Å²) in [6.45, 7) is 0.107. The van der Waals surface area contributed by atoms with Crippen LogP contribution in [0.25, 0.3) is 28.2 Å². The van der Waals surface area contributed by atoms with Crippen molar-refractivity contribution in [3.05, 3.63) is 63.7 Å². The molecule has 1 aliphatic heterocycles. The van der Waals surface area contributed by atoms with Crippen molar-refractivity contribution in [2.24, 2.45) is 12.8 Å². The van der Waals surface area contributed by atoms with Crippen LogP contribution in [0.4, 0.5) is 0 Å². The minimum Gasteiger partial charge on any atom is -0.454 e. The van der Waals surface area contributed by atoms with Crippen molar-refractivity contribution >= 4 is 28.7 Å². The predicted molar refractivity (Wildman–Crippen MR) is 109 cm³/mol. The number of hydrogen-bond donors (Lipinski definition) is 1. The zero-order chi connectivity index (χ0) is 21.0. The fourth-order valence-corrected chi connectivity index (χ4v) is 3.62. The van der Waals surface area contributed by atoms with Crippen molar-refractivity contribution < 1.29 is 14.3 Å². The Morgan fingerprint density at radius 1 is 1.13 bits per heavy atom. The second-order valence-corrected chi connectivity index (χ2v) is 7.09. The molecule has 1 aliphatic rings. The Balaban J connectivity index is 1.85. The molecule has 0 fully saturated rings. The lowest BCUT2D eigenvalue weighted by atomic mass is 10.2. The molecular formula is C20H14ClN5O4. The Morgan fingerprint density at radius 2 is 1.93 bits per heavy atom. The zero-order valence-corrected chi connectivity index (χ0v) is 16.4. The molecule has 30 heavy (non-hydrogen) atoms. The molecule has 2 N–H and O–H groups in total. The number of amides is 1. The maximum Gasteiger partial charge on any atom is 0.334 e.